The van der Waals surface area contributed by atoms with Gasteiger partial charge in [0.15, 0.2) is 5.79 Å². The van der Waals surface area contributed by atoms with Crippen LogP contribution in [0.5, 0.6) is 0 Å². The van der Waals surface area contributed by atoms with Crippen LogP contribution < -0.4 is 4.90 Å². The molecule has 2 aromatic carbocycles. The van der Waals surface area contributed by atoms with Crippen molar-refractivity contribution in [1.82, 2.24) is 4.90 Å². The van der Waals surface area contributed by atoms with Gasteiger partial charge in [0.25, 0.3) is 5.91 Å². The lowest BCUT2D eigenvalue weighted by atomic mass is 9.99. The van der Waals surface area contributed by atoms with E-state index in [1.165, 1.54) is 5.56 Å². The number of benzene rings is 2. The number of piperidine rings is 1. The van der Waals surface area contributed by atoms with Crippen molar-refractivity contribution < 1.29 is 19.1 Å². The van der Waals surface area contributed by atoms with Gasteiger partial charge in [-0.1, -0.05) is 32.0 Å². The van der Waals surface area contributed by atoms with Gasteiger partial charge in [-0.05, 0) is 47.4 Å². The van der Waals surface area contributed by atoms with E-state index in [2.05, 4.69) is 12.1 Å². The van der Waals surface area contributed by atoms with E-state index in [1.54, 1.807) is 0 Å². The molecule has 5 rings (SSSR count). The lowest BCUT2D eigenvalue weighted by molar-refractivity contribution is -0.181. The zero-order valence-corrected chi connectivity index (χ0v) is 18.8. The SMILES string of the molecule is CC(C)C(=O)N1CCc2cc(-c3ccc(C(=O)N4CCC5(CC4)OCCO5)cc3)ccc21. The molecule has 0 aliphatic carbocycles. The molecule has 0 bridgehead atoms. The zero-order valence-electron chi connectivity index (χ0n) is 18.8. The van der Waals surface area contributed by atoms with Gasteiger partial charge in [-0.3, -0.25) is 9.59 Å². The van der Waals surface area contributed by atoms with Gasteiger partial charge in [-0.2, -0.15) is 0 Å². The fourth-order valence-corrected chi connectivity index (χ4v) is 4.95. The minimum Gasteiger partial charge on any atom is -0.347 e. The fourth-order valence-electron chi connectivity index (χ4n) is 4.95. The molecule has 32 heavy (non-hydrogen) atoms. The largest absolute Gasteiger partial charge is 0.347 e. The molecule has 0 N–H and O–H groups in total. The summed E-state index contributed by atoms with van der Waals surface area (Å²) in [6.07, 6.45) is 2.33. The third-order valence-corrected chi connectivity index (χ3v) is 6.83. The van der Waals surface area contributed by atoms with Crippen LogP contribution >= 0.6 is 0 Å². The summed E-state index contributed by atoms with van der Waals surface area (Å²) in [4.78, 5) is 29.2. The molecule has 3 aliphatic heterocycles. The van der Waals surface area contributed by atoms with Crippen molar-refractivity contribution in [2.45, 2.75) is 38.9 Å². The summed E-state index contributed by atoms with van der Waals surface area (Å²) in [7, 11) is 0. The molecule has 6 heteroatoms. The predicted molar refractivity (Wildman–Crippen MR) is 123 cm³/mol. The molecule has 3 aliphatic rings. The van der Waals surface area contributed by atoms with Crippen LogP contribution in [0, 0.1) is 5.92 Å². The van der Waals surface area contributed by atoms with E-state index >= 15 is 0 Å². The number of fused-ring (bicyclic) bond motifs is 1. The minimum atomic E-state index is -0.469. The van der Waals surface area contributed by atoms with Crippen LogP contribution in [0.4, 0.5) is 5.69 Å². The number of amides is 2. The van der Waals surface area contributed by atoms with Crippen LogP contribution in [0.3, 0.4) is 0 Å². The van der Waals surface area contributed by atoms with Crippen LogP contribution in [-0.2, 0) is 20.7 Å². The molecule has 0 radical (unpaired) electrons. The second-order valence-electron chi connectivity index (χ2n) is 9.22. The lowest BCUT2D eigenvalue weighted by Crippen LogP contribution is -2.47. The molecule has 0 atom stereocenters. The third kappa shape index (κ3) is 3.82. The monoisotopic (exact) mass is 434 g/mol. The molecule has 2 fully saturated rings. The Labute approximate surface area is 189 Å². The summed E-state index contributed by atoms with van der Waals surface area (Å²) >= 11 is 0. The topological polar surface area (TPSA) is 59.1 Å². The molecule has 6 nitrogen and oxygen atoms in total. The van der Waals surface area contributed by atoms with Gasteiger partial charge in [-0.15, -0.1) is 0 Å². The molecule has 1 spiro atoms. The number of hydrogen-bond donors (Lipinski definition) is 0. The highest BCUT2D eigenvalue weighted by Gasteiger charge is 2.40. The standard InChI is InChI=1S/C26H30N2O4/c1-18(2)24(29)28-12-9-22-17-21(7-8-23(22)28)19-3-5-20(6-4-19)25(30)27-13-10-26(11-14-27)31-15-16-32-26/h3-8,17-18H,9-16H2,1-2H3. The van der Waals surface area contributed by atoms with Crippen LogP contribution in [0.25, 0.3) is 11.1 Å². The zero-order chi connectivity index (χ0) is 22.3. The molecule has 2 amide bonds. The van der Waals surface area contributed by atoms with Gasteiger partial charge in [0.2, 0.25) is 5.91 Å². The number of carbonyl (C=O) groups is 2. The van der Waals surface area contributed by atoms with Crippen molar-refractivity contribution in [2.24, 2.45) is 5.92 Å². The van der Waals surface area contributed by atoms with Crippen molar-refractivity contribution in [3.63, 3.8) is 0 Å². The van der Waals surface area contributed by atoms with E-state index < -0.39 is 5.79 Å². The Balaban J connectivity index is 1.27. The highest BCUT2D eigenvalue weighted by Crippen LogP contribution is 2.34. The molecular formula is C26H30N2O4. The van der Waals surface area contributed by atoms with E-state index in [0.717, 1.165) is 42.6 Å². The minimum absolute atomic E-state index is 0.00522. The first-order valence-electron chi connectivity index (χ1n) is 11.6. The normalized spacial score (nSPS) is 19.6. The fraction of sp³-hybridized carbons (Fsp3) is 0.462. The van der Waals surface area contributed by atoms with Crippen LogP contribution in [0.2, 0.25) is 0 Å². The molecule has 2 saturated heterocycles. The van der Waals surface area contributed by atoms with Gasteiger partial charge >= 0.3 is 0 Å². The van der Waals surface area contributed by atoms with Gasteiger partial charge in [0.05, 0.1) is 13.2 Å². The Morgan fingerprint density at radius 2 is 1.56 bits per heavy atom. The third-order valence-electron chi connectivity index (χ3n) is 6.83. The molecule has 0 unspecified atom stereocenters. The van der Waals surface area contributed by atoms with Gasteiger partial charge in [-0.25, -0.2) is 0 Å². The number of ether oxygens (including phenoxy) is 2. The Kier molecular flexibility index (Phi) is 5.51. The first-order valence-corrected chi connectivity index (χ1v) is 11.6. The maximum atomic E-state index is 13.0. The summed E-state index contributed by atoms with van der Waals surface area (Å²) in [6.45, 7) is 7.21. The molecule has 2 aromatic rings. The van der Waals surface area contributed by atoms with Crippen molar-refractivity contribution in [1.29, 1.82) is 0 Å². The van der Waals surface area contributed by atoms with Crippen LogP contribution in [0.15, 0.2) is 42.5 Å². The van der Waals surface area contributed by atoms with E-state index in [9.17, 15) is 9.59 Å². The Bertz CT molecular complexity index is 1010. The summed E-state index contributed by atoms with van der Waals surface area (Å²) in [5.74, 6) is -0.242. The van der Waals surface area contributed by atoms with Crippen LogP contribution in [-0.4, -0.2) is 55.3 Å². The van der Waals surface area contributed by atoms with Gasteiger partial charge < -0.3 is 19.3 Å². The second-order valence-corrected chi connectivity index (χ2v) is 9.22. The Morgan fingerprint density at radius 3 is 2.22 bits per heavy atom. The Morgan fingerprint density at radius 1 is 0.906 bits per heavy atom. The maximum absolute atomic E-state index is 13.0. The van der Waals surface area contributed by atoms with Crippen molar-refractivity contribution in [3.05, 3.63) is 53.6 Å². The summed E-state index contributed by atoms with van der Waals surface area (Å²) < 4.78 is 11.5. The highest BCUT2D eigenvalue weighted by molar-refractivity contribution is 5.97. The summed E-state index contributed by atoms with van der Waals surface area (Å²) in [5.41, 5.74) is 5.11. The van der Waals surface area contributed by atoms with E-state index in [1.807, 2.05) is 54.0 Å². The number of carbonyl (C=O) groups excluding carboxylic acids is 2. The lowest BCUT2D eigenvalue weighted by Gasteiger charge is -2.37. The second kappa shape index (κ2) is 8.34. The smallest absolute Gasteiger partial charge is 0.253 e. The number of likely N-dealkylation sites (tertiary alicyclic amines) is 1. The maximum Gasteiger partial charge on any atom is 0.253 e. The summed E-state index contributed by atoms with van der Waals surface area (Å²) in [5, 5.41) is 0. The van der Waals surface area contributed by atoms with Gasteiger partial charge in [0, 0.05) is 49.6 Å². The number of rotatable bonds is 3. The van der Waals surface area contributed by atoms with Gasteiger partial charge in [0.1, 0.15) is 0 Å². The highest BCUT2D eigenvalue weighted by atomic mass is 16.7. The van der Waals surface area contributed by atoms with E-state index in [4.69, 9.17) is 9.47 Å². The van der Waals surface area contributed by atoms with Crippen LogP contribution in [0.1, 0.15) is 42.6 Å². The molecular weight excluding hydrogens is 404 g/mol. The Hall–Kier alpha value is -2.70. The molecule has 3 heterocycles. The average molecular weight is 435 g/mol. The first kappa shape index (κ1) is 21.2. The number of anilines is 1. The predicted octanol–water partition coefficient (Wildman–Crippen LogP) is 3.88. The van der Waals surface area contributed by atoms with Crippen molar-refractivity contribution in [3.8, 4) is 11.1 Å². The van der Waals surface area contributed by atoms with Crippen molar-refractivity contribution in [2.75, 3.05) is 37.7 Å². The number of hydrogen-bond acceptors (Lipinski definition) is 4. The molecule has 0 saturated carbocycles. The number of nitrogens with zero attached hydrogens (tertiary/aromatic N) is 2. The molecule has 0 aromatic heterocycles. The average Bonchev–Trinajstić information content (AvgIpc) is 3.45. The van der Waals surface area contributed by atoms with Crippen molar-refractivity contribution >= 4 is 17.5 Å². The summed E-state index contributed by atoms with van der Waals surface area (Å²) in [6, 6.07) is 14.1. The first-order chi connectivity index (χ1) is 15.5. The quantitative estimate of drug-likeness (QED) is 0.736. The van der Waals surface area contributed by atoms with E-state index in [-0.39, 0.29) is 17.7 Å². The molecule has 168 valence electrons. The van der Waals surface area contributed by atoms with E-state index in [0.29, 0.717) is 31.9 Å².